The predicted molar refractivity (Wildman–Crippen MR) is 88.9 cm³/mol. The summed E-state index contributed by atoms with van der Waals surface area (Å²) in [5.41, 5.74) is 5.27. The Bertz CT molecular complexity index is 556. The average Bonchev–Trinajstić information content (AvgIpc) is 2.49. The highest BCUT2D eigenvalue weighted by Crippen LogP contribution is 2.20. The fourth-order valence-corrected chi connectivity index (χ4v) is 2.17. The number of allylic oxidation sites excluding steroid dienone is 3. The Kier molecular flexibility index (Phi) is 5.37. The lowest BCUT2D eigenvalue weighted by Gasteiger charge is -2.04. The minimum atomic E-state index is 0.965. The molecular weight excluding hydrogens is 240 g/mol. The first-order valence-corrected chi connectivity index (χ1v) is 7.21. The molecule has 2 rings (SSSR count). The summed E-state index contributed by atoms with van der Waals surface area (Å²) in [4.78, 5) is 0. The molecule has 0 atom stereocenters. The van der Waals surface area contributed by atoms with Crippen molar-refractivity contribution in [3.05, 3.63) is 84.5 Å². The van der Waals surface area contributed by atoms with Crippen LogP contribution in [0.15, 0.2) is 73.3 Å². The zero-order valence-corrected chi connectivity index (χ0v) is 12.2. The summed E-state index contributed by atoms with van der Waals surface area (Å²) < 4.78 is 0. The van der Waals surface area contributed by atoms with Crippen molar-refractivity contribution in [2.24, 2.45) is 0 Å². The van der Waals surface area contributed by atoms with Gasteiger partial charge in [0.05, 0.1) is 0 Å². The molecule has 0 spiro atoms. The van der Waals surface area contributed by atoms with Crippen LogP contribution in [-0.4, -0.2) is 0 Å². The van der Waals surface area contributed by atoms with Crippen LogP contribution in [0.1, 0.15) is 24.0 Å². The number of hydrogen-bond donors (Lipinski definition) is 0. The van der Waals surface area contributed by atoms with Crippen molar-refractivity contribution in [3.63, 3.8) is 0 Å². The molecular formula is C20H22. The highest BCUT2D eigenvalue weighted by atomic mass is 14.0. The highest BCUT2D eigenvalue weighted by molar-refractivity contribution is 5.63. The molecule has 0 unspecified atom stereocenters. The van der Waals surface area contributed by atoms with E-state index in [9.17, 15) is 0 Å². The van der Waals surface area contributed by atoms with Crippen LogP contribution in [0, 0.1) is 6.92 Å². The van der Waals surface area contributed by atoms with Crippen molar-refractivity contribution in [1.82, 2.24) is 0 Å². The maximum absolute atomic E-state index is 3.71. The molecule has 102 valence electrons. The summed E-state index contributed by atoms with van der Waals surface area (Å²) in [5.74, 6) is 0. The monoisotopic (exact) mass is 262 g/mol. The Morgan fingerprint density at radius 3 is 2.05 bits per heavy atom. The van der Waals surface area contributed by atoms with E-state index < -0.39 is 0 Å². The summed E-state index contributed by atoms with van der Waals surface area (Å²) in [6, 6.07) is 17.6. The Morgan fingerprint density at radius 2 is 1.45 bits per heavy atom. The van der Waals surface area contributed by atoms with Crippen LogP contribution in [0.25, 0.3) is 11.1 Å². The van der Waals surface area contributed by atoms with E-state index in [1.165, 1.54) is 22.3 Å². The number of aryl methyl sites for hydroxylation is 2. The molecule has 0 heterocycles. The van der Waals surface area contributed by atoms with E-state index in [1.807, 2.05) is 6.08 Å². The third-order valence-electron chi connectivity index (χ3n) is 3.41. The van der Waals surface area contributed by atoms with Crippen LogP contribution in [0.2, 0.25) is 0 Å². The Morgan fingerprint density at radius 1 is 0.850 bits per heavy atom. The van der Waals surface area contributed by atoms with Crippen LogP contribution < -0.4 is 0 Å². The molecule has 0 bridgehead atoms. The van der Waals surface area contributed by atoms with Gasteiger partial charge in [0, 0.05) is 0 Å². The molecule has 2 aromatic rings. The maximum atomic E-state index is 3.71. The summed E-state index contributed by atoms with van der Waals surface area (Å²) in [7, 11) is 0. The smallest absolute Gasteiger partial charge is 0.0172 e. The first kappa shape index (κ1) is 14.3. The highest BCUT2D eigenvalue weighted by Gasteiger charge is 1.97. The molecule has 20 heavy (non-hydrogen) atoms. The molecule has 0 N–H and O–H groups in total. The number of benzene rings is 2. The van der Waals surface area contributed by atoms with Crippen LogP contribution >= 0.6 is 0 Å². The largest absolute Gasteiger partial charge is 0.103 e. The molecule has 0 amide bonds. The van der Waals surface area contributed by atoms with Gasteiger partial charge in [0.25, 0.3) is 0 Å². The fourth-order valence-electron chi connectivity index (χ4n) is 2.17. The van der Waals surface area contributed by atoms with E-state index >= 15 is 0 Å². The molecule has 2 aromatic carbocycles. The molecule has 0 heteroatoms. The van der Waals surface area contributed by atoms with E-state index in [0.717, 1.165) is 19.3 Å². The van der Waals surface area contributed by atoms with Gasteiger partial charge in [0.1, 0.15) is 0 Å². The third-order valence-corrected chi connectivity index (χ3v) is 3.41. The lowest BCUT2D eigenvalue weighted by Crippen LogP contribution is -1.84. The van der Waals surface area contributed by atoms with Crippen molar-refractivity contribution >= 4 is 0 Å². The quantitative estimate of drug-likeness (QED) is 0.583. The molecule has 0 nitrogen and oxygen atoms in total. The SMILES string of the molecule is C=CC/C=C/CCc1ccc(-c2ccc(C)cc2)cc1. The molecule has 0 aliphatic rings. The molecule has 0 aliphatic heterocycles. The summed E-state index contributed by atoms with van der Waals surface area (Å²) >= 11 is 0. The van der Waals surface area contributed by atoms with Crippen LogP contribution in [0.3, 0.4) is 0 Å². The summed E-state index contributed by atoms with van der Waals surface area (Å²) in [5, 5.41) is 0. The molecule has 0 aromatic heterocycles. The van der Waals surface area contributed by atoms with Crippen molar-refractivity contribution in [2.75, 3.05) is 0 Å². The van der Waals surface area contributed by atoms with Gasteiger partial charge < -0.3 is 0 Å². The first-order chi connectivity index (χ1) is 9.79. The molecule has 0 aliphatic carbocycles. The van der Waals surface area contributed by atoms with E-state index in [4.69, 9.17) is 0 Å². The van der Waals surface area contributed by atoms with Gasteiger partial charge in [-0.05, 0) is 42.9 Å². The van der Waals surface area contributed by atoms with Gasteiger partial charge in [-0.1, -0.05) is 72.3 Å². The minimum Gasteiger partial charge on any atom is -0.103 e. The van der Waals surface area contributed by atoms with Crippen LogP contribution in [0.4, 0.5) is 0 Å². The molecule has 0 saturated carbocycles. The molecule has 0 saturated heterocycles. The van der Waals surface area contributed by atoms with E-state index in [-0.39, 0.29) is 0 Å². The van der Waals surface area contributed by atoms with Gasteiger partial charge in [-0.2, -0.15) is 0 Å². The van der Waals surface area contributed by atoms with Gasteiger partial charge in [0.2, 0.25) is 0 Å². The fraction of sp³-hybridized carbons (Fsp3) is 0.200. The average molecular weight is 262 g/mol. The van der Waals surface area contributed by atoms with E-state index in [0.29, 0.717) is 0 Å². The molecule has 0 radical (unpaired) electrons. The van der Waals surface area contributed by atoms with Gasteiger partial charge in [0.15, 0.2) is 0 Å². The Hall–Kier alpha value is -2.08. The topological polar surface area (TPSA) is 0 Å². The van der Waals surface area contributed by atoms with Crippen LogP contribution in [0.5, 0.6) is 0 Å². The number of hydrogen-bond acceptors (Lipinski definition) is 0. The second-order valence-electron chi connectivity index (χ2n) is 5.10. The van der Waals surface area contributed by atoms with Crippen molar-refractivity contribution in [1.29, 1.82) is 0 Å². The zero-order valence-electron chi connectivity index (χ0n) is 12.2. The second kappa shape index (κ2) is 7.49. The Labute approximate surface area is 122 Å². The van der Waals surface area contributed by atoms with Gasteiger partial charge in [-0.15, -0.1) is 6.58 Å². The zero-order chi connectivity index (χ0) is 14.2. The summed E-state index contributed by atoms with van der Waals surface area (Å²) in [6.45, 7) is 5.83. The van der Waals surface area contributed by atoms with Gasteiger partial charge in [-0.25, -0.2) is 0 Å². The van der Waals surface area contributed by atoms with Crippen LogP contribution in [-0.2, 0) is 6.42 Å². The summed E-state index contributed by atoms with van der Waals surface area (Å²) in [6.07, 6.45) is 9.49. The lowest BCUT2D eigenvalue weighted by atomic mass is 10.0. The van der Waals surface area contributed by atoms with Gasteiger partial charge >= 0.3 is 0 Å². The lowest BCUT2D eigenvalue weighted by molar-refractivity contribution is 0.997. The third kappa shape index (κ3) is 4.24. The predicted octanol–water partition coefficient (Wildman–Crippen LogP) is 5.73. The number of rotatable bonds is 6. The van der Waals surface area contributed by atoms with Crippen molar-refractivity contribution in [3.8, 4) is 11.1 Å². The van der Waals surface area contributed by atoms with Crippen molar-refractivity contribution in [2.45, 2.75) is 26.2 Å². The second-order valence-corrected chi connectivity index (χ2v) is 5.10. The Balaban J connectivity index is 1.96. The first-order valence-electron chi connectivity index (χ1n) is 7.21. The molecule has 0 fully saturated rings. The van der Waals surface area contributed by atoms with E-state index in [2.05, 4.69) is 74.2 Å². The minimum absolute atomic E-state index is 0.965. The standard InChI is InChI=1S/C20H22/c1-3-4-5-6-7-8-18-11-15-20(16-12-18)19-13-9-17(2)10-14-19/h3,5-6,9-16H,1,4,7-8H2,2H3/b6-5+. The normalized spacial score (nSPS) is 10.8. The van der Waals surface area contributed by atoms with E-state index in [1.54, 1.807) is 0 Å². The maximum Gasteiger partial charge on any atom is -0.0172 e. The van der Waals surface area contributed by atoms with Crippen molar-refractivity contribution < 1.29 is 0 Å². The van der Waals surface area contributed by atoms with Gasteiger partial charge in [-0.3, -0.25) is 0 Å².